The van der Waals surface area contributed by atoms with Gasteiger partial charge in [-0.1, -0.05) is 29.8 Å². The van der Waals surface area contributed by atoms with Crippen LogP contribution in [0.4, 0.5) is 4.39 Å². The van der Waals surface area contributed by atoms with Crippen molar-refractivity contribution in [2.45, 2.75) is 44.2 Å². The van der Waals surface area contributed by atoms with Crippen LogP contribution in [-0.4, -0.2) is 66.6 Å². The molecule has 2 aromatic carbocycles. The third-order valence-corrected chi connectivity index (χ3v) is 8.48. The Balaban J connectivity index is 1.38. The van der Waals surface area contributed by atoms with Gasteiger partial charge in [0.2, 0.25) is 10.0 Å². The molecule has 0 aliphatic carbocycles. The van der Waals surface area contributed by atoms with Crippen molar-refractivity contribution in [3.63, 3.8) is 0 Å². The summed E-state index contributed by atoms with van der Waals surface area (Å²) in [7, 11) is -3.61. The Morgan fingerprint density at radius 2 is 1.67 bits per heavy atom. The van der Waals surface area contributed by atoms with E-state index in [4.69, 9.17) is 0 Å². The molecule has 2 aliphatic rings. The lowest BCUT2D eigenvalue weighted by Crippen LogP contribution is -2.58. The first-order valence-corrected chi connectivity index (χ1v) is 12.5. The molecule has 0 radical (unpaired) electrons. The highest BCUT2D eigenvalue weighted by Gasteiger charge is 2.39. The van der Waals surface area contributed by atoms with Crippen LogP contribution in [0.5, 0.6) is 0 Å². The molecular weight excluding hydrogens is 445 g/mol. The number of sulfonamides is 1. The summed E-state index contributed by atoms with van der Waals surface area (Å²) in [5, 5.41) is 0. The lowest BCUT2D eigenvalue weighted by Gasteiger charge is -2.41. The van der Waals surface area contributed by atoms with Gasteiger partial charge in [0.05, 0.1) is 4.90 Å². The molecule has 0 bridgehead atoms. The van der Waals surface area contributed by atoms with Gasteiger partial charge in [-0.25, -0.2) is 12.8 Å². The van der Waals surface area contributed by atoms with Crippen LogP contribution in [0.25, 0.3) is 0 Å². The largest absolute Gasteiger partial charge is 0.330 e. The number of hydrogen-bond donors (Lipinski definition) is 0. The van der Waals surface area contributed by atoms with E-state index < -0.39 is 21.8 Å². The maximum Gasteiger partial charge on any atom is 0.312 e. The quantitative estimate of drug-likeness (QED) is 0.625. The Labute approximate surface area is 193 Å². The number of carbonyl (C=O) groups is 2. The molecule has 2 heterocycles. The van der Waals surface area contributed by atoms with E-state index in [2.05, 4.69) is 0 Å². The Bertz CT molecular complexity index is 1180. The lowest BCUT2D eigenvalue weighted by molar-refractivity contribution is -0.158. The number of aryl methyl sites for hydroxylation is 2. The van der Waals surface area contributed by atoms with Crippen LogP contribution in [0.2, 0.25) is 0 Å². The minimum atomic E-state index is -3.61. The van der Waals surface area contributed by atoms with Gasteiger partial charge in [-0.05, 0) is 56.0 Å². The number of halogens is 1. The topological polar surface area (TPSA) is 78.0 Å². The normalized spacial score (nSPS) is 18.8. The van der Waals surface area contributed by atoms with Gasteiger partial charge >= 0.3 is 11.8 Å². The molecule has 176 valence electrons. The highest BCUT2D eigenvalue weighted by atomic mass is 32.2. The summed E-state index contributed by atoms with van der Waals surface area (Å²) >= 11 is 0. The van der Waals surface area contributed by atoms with Gasteiger partial charge in [0.15, 0.2) is 0 Å². The summed E-state index contributed by atoms with van der Waals surface area (Å²) in [6.45, 7) is 5.24. The van der Waals surface area contributed by atoms with Gasteiger partial charge in [0, 0.05) is 38.8 Å². The number of amides is 2. The molecule has 2 amide bonds. The predicted molar refractivity (Wildman–Crippen MR) is 121 cm³/mol. The SMILES string of the molecule is Cc1ccc(S(=O)(=O)N2CCC(N3CCN(Cc4cccc(F)c4)C(=O)C3=O)CC2)c(C)c1. The summed E-state index contributed by atoms with van der Waals surface area (Å²) in [6, 6.07) is 11.1. The van der Waals surface area contributed by atoms with Crippen LogP contribution in [-0.2, 0) is 26.2 Å². The highest BCUT2D eigenvalue weighted by molar-refractivity contribution is 7.89. The minimum Gasteiger partial charge on any atom is -0.330 e. The fourth-order valence-electron chi connectivity index (χ4n) is 4.67. The van der Waals surface area contributed by atoms with Crippen LogP contribution in [0.1, 0.15) is 29.5 Å². The Morgan fingerprint density at radius 3 is 2.33 bits per heavy atom. The molecule has 2 aromatic rings. The molecule has 33 heavy (non-hydrogen) atoms. The van der Waals surface area contributed by atoms with E-state index in [9.17, 15) is 22.4 Å². The van der Waals surface area contributed by atoms with E-state index in [0.29, 0.717) is 55.0 Å². The van der Waals surface area contributed by atoms with Gasteiger partial charge < -0.3 is 9.80 Å². The Kier molecular flexibility index (Phi) is 6.54. The van der Waals surface area contributed by atoms with Crippen molar-refractivity contribution in [3.05, 3.63) is 65.0 Å². The first-order valence-electron chi connectivity index (χ1n) is 11.1. The van der Waals surface area contributed by atoms with E-state index in [-0.39, 0.29) is 18.4 Å². The average Bonchev–Trinajstić information content (AvgIpc) is 2.77. The second kappa shape index (κ2) is 9.23. The fourth-order valence-corrected chi connectivity index (χ4v) is 6.34. The van der Waals surface area contributed by atoms with E-state index in [0.717, 1.165) is 5.56 Å². The molecule has 0 spiro atoms. The molecule has 4 rings (SSSR count). The van der Waals surface area contributed by atoms with Crippen molar-refractivity contribution < 1.29 is 22.4 Å². The number of carbonyl (C=O) groups excluding carboxylic acids is 2. The summed E-state index contributed by atoms with van der Waals surface area (Å²) in [5.41, 5.74) is 2.35. The van der Waals surface area contributed by atoms with Crippen molar-refractivity contribution in [2.75, 3.05) is 26.2 Å². The van der Waals surface area contributed by atoms with Gasteiger partial charge in [0.25, 0.3) is 0 Å². The first-order chi connectivity index (χ1) is 15.7. The molecular formula is C24H28FN3O4S. The van der Waals surface area contributed by atoms with E-state index in [1.54, 1.807) is 36.1 Å². The third-order valence-electron chi connectivity index (χ3n) is 6.42. The van der Waals surface area contributed by atoms with E-state index in [1.807, 2.05) is 13.0 Å². The smallest absolute Gasteiger partial charge is 0.312 e. The number of rotatable bonds is 5. The van der Waals surface area contributed by atoms with Crippen molar-refractivity contribution >= 4 is 21.8 Å². The predicted octanol–water partition coefficient (Wildman–Crippen LogP) is 2.47. The first kappa shape index (κ1) is 23.4. The zero-order chi connectivity index (χ0) is 23.8. The third kappa shape index (κ3) is 4.79. The molecule has 2 saturated heterocycles. The zero-order valence-corrected chi connectivity index (χ0v) is 19.6. The fraction of sp³-hybridized carbons (Fsp3) is 0.417. The van der Waals surface area contributed by atoms with Crippen LogP contribution < -0.4 is 0 Å². The second-order valence-corrected chi connectivity index (χ2v) is 10.7. The van der Waals surface area contributed by atoms with Crippen molar-refractivity contribution in [2.24, 2.45) is 0 Å². The van der Waals surface area contributed by atoms with Crippen LogP contribution in [0, 0.1) is 19.7 Å². The number of hydrogen-bond acceptors (Lipinski definition) is 4. The lowest BCUT2D eigenvalue weighted by atomic mass is 10.0. The Hall–Kier alpha value is -2.78. The molecule has 0 atom stereocenters. The van der Waals surface area contributed by atoms with Gasteiger partial charge in [0.1, 0.15) is 5.82 Å². The van der Waals surface area contributed by atoms with Crippen molar-refractivity contribution in [1.29, 1.82) is 0 Å². The second-order valence-electron chi connectivity index (χ2n) is 8.76. The summed E-state index contributed by atoms with van der Waals surface area (Å²) in [6.07, 6.45) is 0.958. The minimum absolute atomic E-state index is 0.177. The van der Waals surface area contributed by atoms with Gasteiger partial charge in [-0.15, -0.1) is 0 Å². The molecule has 0 unspecified atom stereocenters. The van der Waals surface area contributed by atoms with E-state index in [1.165, 1.54) is 21.3 Å². The summed E-state index contributed by atoms with van der Waals surface area (Å²) < 4.78 is 41.1. The highest BCUT2D eigenvalue weighted by Crippen LogP contribution is 2.27. The number of piperazine rings is 1. The average molecular weight is 474 g/mol. The van der Waals surface area contributed by atoms with Crippen LogP contribution in [0.3, 0.4) is 0 Å². The van der Waals surface area contributed by atoms with Crippen LogP contribution in [0.15, 0.2) is 47.4 Å². The molecule has 2 aliphatic heterocycles. The van der Waals surface area contributed by atoms with Gasteiger partial charge in [-0.3, -0.25) is 9.59 Å². The van der Waals surface area contributed by atoms with Gasteiger partial charge in [-0.2, -0.15) is 4.31 Å². The molecule has 7 nitrogen and oxygen atoms in total. The maximum absolute atomic E-state index is 13.4. The molecule has 0 saturated carbocycles. The maximum atomic E-state index is 13.4. The molecule has 0 N–H and O–H groups in total. The van der Waals surface area contributed by atoms with Crippen LogP contribution >= 0.6 is 0 Å². The molecule has 0 aromatic heterocycles. The molecule has 9 heteroatoms. The number of piperidine rings is 1. The summed E-state index contributed by atoms with van der Waals surface area (Å²) in [5.74, 6) is -1.56. The van der Waals surface area contributed by atoms with E-state index >= 15 is 0 Å². The van der Waals surface area contributed by atoms with Crippen molar-refractivity contribution in [3.8, 4) is 0 Å². The summed E-state index contributed by atoms with van der Waals surface area (Å²) in [4.78, 5) is 28.8. The standard InChI is InChI=1S/C24H28FN3O4S/c1-17-6-7-22(18(2)14-17)33(31,32)27-10-8-21(9-11-27)28-13-12-26(23(29)24(28)30)16-19-4-3-5-20(25)15-19/h3-7,14-15,21H,8-13,16H2,1-2H3. The number of nitrogens with zero attached hydrogens (tertiary/aromatic N) is 3. The van der Waals surface area contributed by atoms with Crippen molar-refractivity contribution in [1.82, 2.24) is 14.1 Å². The molecule has 2 fully saturated rings. The number of benzene rings is 2. The Morgan fingerprint density at radius 1 is 0.939 bits per heavy atom. The monoisotopic (exact) mass is 473 g/mol. The zero-order valence-electron chi connectivity index (χ0n) is 18.8.